The lowest BCUT2D eigenvalue weighted by Gasteiger charge is -2.09. The van der Waals surface area contributed by atoms with Crippen LogP contribution in [0.5, 0.6) is 0 Å². The van der Waals surface area contributed by atoms with Gasteiger partial charge in [0.25, 0.3) is 23.3 Å². The zero-order chi connectivity index (χ0) is 17.6. The molecule has 25 heavy (non-hydrogen) atoms. The molecule has 1 N–H and O–H groups in total. The third-order valence-electron chi connectivity index (χ3n) is 3.67. The summed E-state index contributed by atoms with van der Waals surface area (Å²) in [6.45, 7) is 0.699. The topological polar surface area (TPSA) is 84.9 Å². The van der Waals surface area contributed by atoms with Crippen LogP contribution >= 0.6 is 0 Å². The second kappa shape index (κ2) is 5.37. The molecule has 6 nitrogen and oxygen atoms in total. The molecule has 3 heterocycles. The highest BCUT2D eigenvalue weighted by atomic mass is 19.3. The van der Waals surface area contributed by atoms with Gasteiger partial charge < -0.3 is 13.8 Å². The predicted octanol–water partition coefficient (Wildman–Crippen LogP) is 3.95. The molecule has 4 aromatic rings. The van der Waals surface area contributed by atoms with Crippen LogP contribution in [0.15, 0.2) is 56.1 Å². The minimum atomic E-state index is -3.15. The molecule has 0 radical (unpaired) electrons. The second-order valence-corrected chi connectivity index (χ2v) is 5.56. The normalized spacial score (nSPS) is 12.0. The van der Waals surface area contributed by atoms with E-state index in [9.17, 15) is 13.6 Å². The molecule has 0 bridgehead atoms. The fourth-order valence-corrected chi connectivity index (χ4v) is 2.42. The largest absolute Gasteiger partial charge is 0.451 e. The second-order valence-electron chi connectivity index (χ2n) is 5.56. The number of H-pyrrole nitrogens is 1. The smallest absolute Gasteiger partial charge is 0.284 e. The summed E-state index contributed by atoms with van der Waals surface area (Å²) in [7, 11) is 0. The number of rotatable bonds is 3. The molecule has 0 amide bonds. The van der Waals surface area contributed by atoms with Gasteiger partial charge >= 0.3 is 0 Å². The molecule has 0 saturated carbocycles. The van der Waals surface area contributed by atoms with Gasteiger partial charge in [-0.3, -0.25) is 4.79 Å². The van der Waals surface area contributed by atoms with Crippen LogP contribution in [0.25, 0.3) is 34.1 Å². The Balaban J connectivity index is 1.73. The van der Waals surface area contributed by atoms with Crippen LogP contribution < -0.4 is 5.56 Å². The van der Waals surface area contributed by atoms with Gasteiger partial charge in [-0.2, -0.15) is 0 Å². The van der Waals surface area contributed by atoms with Crippen molar-refractivity contribution in [1.82, 2.24) is 15.2 Å². The Morgan fingerprint density at radius 2 is 1.80 bits per heavy atom. The van der Waals surface area contributed by atoms with Gasteiger partial charge in [-0.1, -0.05) is 18.2 Å². The number of halogens is 2. The van der Waals surface area contributed by atoms with E-state index < -0.39 is 17.2 Å². The zero-order valence-electron chi connectivity index (χ0n) is 12.9. The number of nitrogens with zero attached hydrogens (tertiary/aromatic N) is 2. The van der Waals surface area contributed by atoms with Crippen molar-refractivity contribution in [2.45, 2.75) is 12.8 Å². The SMILES string of the molecule is CC(F)(F)c1ccc(-c2nnc(-c3cc4ccccc4o3)o2)c(=O)[nH]1. The highest BCUT2D eigenvalue weighted by Crippen LogP contribution is 2.29. The summed E-state index contributed by atoms with van der Waals surface area (Å²) in [5, 5.41) is 8.53. The average molecular weight is 343 g/mol. The standard InChI is InChI=1S/C17H11F2N3O3/c1-17(18,19)13-7-6-10(14(23)20-13)15-21-22-16(25-15)12-8-9-4-2-3-5-11(9)24-12/h2-8H,1H3,(H,20,23). The summed E-state index contributed by atoms with van der Waals surface area (Å²) in [4.78, 5) is 14.2. The van der Waals surface area contributed by atoms with Gasteiger partial charge in [0, 0.05) is 12.3 Å². The van der Waals surface area contributed by atoms with E-state index in [4.69, 9.17) is 8.83 Å². The number of para-hydroxylation sites is 1. The first-order valence-electron chi connectivity index (χ1n) is 7.36. The van der Waals surface area contributed by atoms with E-state index >= 15 is 0 Å². The first kappa shape index (κ1) is 15.3. The van der Waals surface area contributed by atoms with Crippen molar-refractivity contribution < 1.29 is 17.6 Å². The van der Waals surface area contributed by atoms with E-state index in [2.05, 4.69) is 15.2 Å². The van der Waals surface area contributed by atoms with Gasteiger partial charge in [0.1, 0.15) is 11.1 Å². The Labute approximate surface area is 139 Å². The van der Waals surface area contributed by atoms with Crippen molar-refractivity contribution >= 4 is 11.0 Å². The number of nitrogens with one attached hydrogen (secondary N) is 1. The molecule has 0 spiro atoms. The van der Waals surface area contributed by atoms with Crippen molar-refractivity contribution in [3.8, 4) is 23.1 Å². The number of benzene rings is 1. The van der Waals surface area contributed by atoms with Crippen molar-refractivity contribution in [2.75, 3.05) is 0 Å². The Hall–Kier alpha value is -3.29. The monoisotopic (exact) mass is 343 g/mol. The van der Waals surface area contributed by atoms with Gasteiger partial charge in [-0.15, -0.1) is 10.2 Å². The van der Waals surface area contributed by atoms with Crippen molar-refractivity contribution in [2.24, 2.45) is 0 Å². The van der Waals surface area contributed by atoms with Gasteiger partial charge in [-0.05, 0) is 24.3 Å². The molecule has 8 heteroatoms. The summed E-state index contributed by atoms with van der Waals surface area (Å²) in [5.41, 5.74) is -0.565. The summed E-state index contributed by atoms with van der Waals surface area (Å²) in [6.07, 6.45) is 0. The van der Waals surface area contributed by atoms with E-state index in [1.165, 1.54) is 6.07 Å². The summed E-state index contributed by atoms with van der Waals surface area (Å²) < 4.78 is 37.6. The van der Waals surface area contributed by atoms with Gasteiger partial charge in [0.2, 0.25) is 0 Å². The molecule has 0 fully saturated rings. The maximum Gasteiger partial charge on any atom is 0.284 e. The molecule has 3 aromatic heterocycles. The molecule has 4 rings (SSSR count). The van der Waals surface area contributed by atoms with E-state index in [0.29, 0.717) is 18.3 Å². The fourth-order valence-electron chi connectivity index (χ4n) is 2.42. The van der Waals surface area contributed by atoms with Crippen LogP contribution in [0.2, 0.25) is 0 Å². The molecular formula is C17H11F2N3O3. The highest BCUT2D eigenvalue weighted by molar-refractivity contribution is 5.81. The molecule has 126 valence electrons. The summed E-state index contributed by atoms with van der Waals surface area (Å²) >= 11 is 0. The highest BCUT2D eigenvalue weighted by Gasteiger charge is 2.26. The van der Waals surface area contributed by atoms with E-state index in [0.717, 1.165) is 11.5 Å². The third-order valence-corrected chi connectivity index (χ3v) is 3.67. The maximum atomic E-state index is 13.3. The van der Waals surface area contributed by atoms with Crippen LogP contribution in [0, 0.1) is 0 Å². The molecule has 0 unspecified atom stereocenters. The molecular weight excluding hydrogens is 332 g/mol. The lowest BCUT2D eigenvalue weighted by atomic mass is 10.2. The van der Waals surface area contributed by atoms with Crippen LogP contribution in [0.4, 0.5) is 8.78 Å². The number of furan rings is 1. The number of fused-ring (bicyclic) bond motifs is 1. The van der Waals surface area contributed by atoms with E-state index in [-0.39, 0.29) is 17.3 Å². The first-order chi connectivity index (χ1) is 11.9. The summed E-state index contributed by atoms with van der Waals surface area (Å²) in [5.74, 6) is -2.78. The van der Waals surface area contributed by atoms with E-state index in [1.807, 2.05) is 18.2 Å². The lowest BCUT2D eigenvalue weighted by molar-refractivity contribution is 0.0126. The van der Waals surface area contributed by atoms with Crippen molar-refractivity contribution in [3.63, 3.8) is 0 Å². The van der Waals surface area contributed by atoms with Crippen LogP contribution in [-0.4, -0.2) is 15.2 Å². The summed E-state index contributed by atoms with van der Waals surface area (Å²) in [6, 6.07) is 11.4. The molecule has 0 aliphatic carbocycles. The van der Waals surface area contributed by atoms with Crippen molar-refractivity contribution in [1.29, 1.82) is 0 Å². The minimum Gasteiger partial charge on any atom is -0.451 e. The molecule has 0 aliphatic heterocycles. The molecule has 0 atom stereocenters. The van der Waals surface area contributed by atoms with Crippen molar-refractivity contribution in [3.05, 3.63) is 58.5 Å². The predicted molar refractivity (Wildman–Crippen MR) is 85.1 cm³/mol. The number of hydrogen-bond acceptors (Lipinski definition) is 5. The van der Waals surface area contributed by atoms with Crippen LogP contribution in [-0.2, 0) is 5.92 Å². The maximum absolute atomic E-state index is 13.3. The Morgan fingerprint density at radius 3 is 2.52 bits per heavy atom. The Morgan fingerprint density at radius 1 is 1.04 bits per heavy atom. The third kappa shape index (κ3) is 2.71. The lowest BCUT2D eigenvalue weighted by Crippen LogP contribution is -2.18. The van der Waals surface area contributed by atoms with E-state index in [1.54, 1.807) is 12.1 Å². The van der Waals surface area contributed by atoms with Gasteiger partial charge in [-0.25, -0.2) is 8.78 Å². The number of alkyl halides is 2. The minimum absolute atomic E-state index is 0.00265. The Bertz CT molecular complexity index is 1090. The zero-order valence-corrected chi connectivity index (χ0v) is 12.9. The fraction of sp³-hybridized carbons (Fsp3) is 0.118. The number of aromatic amines is 1. The molecule has 0 saturated heterocycles. The number of aromatic nitrogens is 3. The van der Waals surface area contributed by atoms with Crippen LogP contribution in [0.1, 0.15) is 12.6 Å². The molecule has 1 aromatic carbocycles. The van der Waals surface area contributed by atoms with Crippen LogP contribution in [0.3, 0.4) is 0 Å². The average Bonchev–Trinajstić information content (AvgIpc) is 3.20. The number of hydrogen-bond donors (Lipinski definition) is 1. The Kier molecular flexibility index (Phi) is 3.28. The quantitative estimate of drug-likeness (QED) is 0.609. The van der Waals surface area contributed by atoms with Gasteiger partial charge in [0.05, 0.1) is 5.69 Å². The first-order valence-corrected chi connectivity index (χ1v) is 7.36. The number of pyridine rings is 1. The molecule has 0 aliphatic rings. The van der Waals surface area contributed by atoms with Gasteiger partial charge in [0.15, 0.2) is 5.76 Å².